The number of amides is 1. The number of rotatable bonds is 4. The van der Waals surface area contributed by atoms with Crippen molar-refractivity contribution in [3.05, 3.63) is 46.6 Å². The highest BCUT2D eigenvalue weighted by Gasteiger charge is 2.28. The smallest absolute Gasteiger partial charge is 0.256 e. The Morgan fingerprint density at radius 2 is 1.91 bits per heavy atom. The van der Waals surface area contributed by atoms with Crippen molar-refractivity contribution in [2.24, 2.45) is 0 Å². The van der Waals surface area contributed by atoms with Crippen molar-refractivity contribution in [3.63, 3.8) is 0 Å². The summed E-state index contributed by atoms with van der Waals surface area (Å²) in [5, 5.41) is 10.3. The summed E-state index contributed by atoms with van der Waals surface area (Å²) >= 11 is 3.95. The number of hydrogen-bond donors (Lipinski definition) is 2. The number of H-pyrrole nitrogens is 1. The first-order valence-corrected chi connectivity index (χ1v) is 10.0. The third-order valence-corrected chi connectivity index (χ3v) is 7.44. The van der Waals surface area contributed by atoms with Gasteiger partial charge in [0.1, 0.15) is 0 Å². The number of anilines is 1. The zero-order valence-corrected chi connectivity index (χ0v) is 14.6. The molecule has 0 radical (unpaired) electrons. The van der Waals surface area contributed by atoms with Crippen LogP contribution >= 0.6 is 23.5 Å². The van der Waals surface area contributed by atoms with Crippen LogP contribution < -0.4 is 5.32 Å². The average Bonchev–Trinajstić information content (AvgIpc) is 3.13. The van der Waals surface area contributed by atoms with Gasteiger partial charge in [0.2, 0.25) is 0 Å². The van der Waals surface area contributed by atoms with Crippen LogP contribution in [0.2, 0.25) is 0 Å². The third kappa shape index (κ3) is 3.15. The molecule has 4 rings (SSSR count). The van der Waals surface area contributed by atoms with Gasteiger partial charge >= 0.3 is 0 Å². The largest absolute Gasteiger partial charge is 0.305 e. The summed E-state index contributed by atoms with van der Waals surface area (Å²) in [6, 6.07) is 7.96. The van der Waals surface area contributed by atoms with Gasteiger partial charge in [-0.15, -0.1) is 23.5 Å². The highest BCUT2D eigenvalue weighted by atomic mass is 32.2. The van der Waals surface area contributed by atoms with Crippen molar-refractivity contribution >= 4 is 35.2 Å². The molecule has 2 aromatic rings. The van der Waals surface area contributed by atoms with Crippen LogP contribution in [0, 0.1) is 6.92 Å². The molecule has 4 nitrogen and oxygen atoms in total. The van der Waals surface area contributed by atoms with Crippen LogP contribution in [0.4, 0.5) is 5.82 Å². The summed E-state index contributed by atoms with van der Waals surface area (Å²) in [5.74, 6) is 3.58. The first-order chi connectivity index (χ1) is 11.2. The quantitative estimate of drug-likeness (QED) is 0.866. The number of benzene rings is 1. The van der Waals surface area contributed by atoms with Crippen molar-refractivity contribution in [1.82, 2.24) is 10.2 Å². The minimum Gasteiger partial charge on any atom is -0.305 e. The molecule has 120 valence electrons. The van der Waals surface area contributed by atoms with Crippen LogP contribution in [-0.2, 0) is 0 Å². The Morgan fingerprint density at radius 3 is 2.57 bits per heavy atom. The van der Waals surface area contributed by atoms with E-state index in [9.17, 15) is 4.79 Å². The molecular weight excluding hydrogens is 326 g/mol. The van der Waals surface area contributed by atoms with Gasteiger partial charge in [-0.05, 0) is 37.5 Å². The predicted octanol–water partition coefficient (Wildman–Crippen LogP) is 4.33. The minimum absolute atomic E-state index is 0.0970. The number of hydrogen-bond acceptors (Lipinski definition) is 4. The summed E-state index contributed by atoms with van der Waals surface area (Å²) in [7, 11) is 0. The van der Waals surface area contributed by atoms with Crippen molar-refractivity contribution in [1.29, 1.82) is 0 Å². The summed E-state index contributed by atoms with van der Waals surface area (Å²) in [6.45, 7) is 2.02. The Bertz CT molecular complexity index is 716. The number of carbonyl (C=O) groups is 1. The molecule has 2 fully saturated rings. The van der Waals surface area contributed by atoms with Gasteiger partial charge in [-0.1, -0.05) is 12.1 Å². The van der Waals surface area contributed by atoms with Crippen molar-refractivity contribution in [2.75, 3.05) is 16.8 Å². The lowest BCUT2D eigenvalue weighted by atomic mass is 10.1. The van der Waals surface area contributed by atoms with E-state index in [1.807, 2.05) is 42.6 Å². The zero-order chi connectivity index (χ0) is 15.8. The monoisotopic (exact) mass is 345 g/mol. The minimum atomic E-state index is -0.0970. The predicted molar refractivity (Wildman–Crippen MR) is 97.4 cm³/mol. The normalized spacial score (nSPS) is 18.3. The number of aromatic nitrogens is 2. The van der Waals surface area contributed by atoms with Crippen molar-refractivity contribution in [2.45, 2.75) is 30.3 Å². The molecule has 1 saturated heterocycles. The molecule has 1 aliphatic heterocycles. The molecule has 2 aliphatic rings. The molecule has 1 aromatic heterocycles. The highest BCUT2D eigenvalue weighted by molar-refractivity contribution is 8.19. The van der Waals surface area contributed by atoms with Gasteiger partial charge in [-0.3, -0.25) is 9.89 Å². The van der Waals surface area contributed by atoms with E-state index in [4.69, 9.17) is 0 Å². The molecule has 0 spiro atoms. The number of carbonyl (C=O) groups excluding carboxylic acids is 1. The zero-order valence-electron chi connectivity index (χ0n) is 13.0. The van der Waals surface area contributed by atoms with Crippen LogP contribution in [-0.4, -0.2) is 27.6 Å². The molecule has 6 heteroatoms. The maximum Gasteiger partial charge on any atom is 0.256 e. The fraction of sp³-hybridized carbons (Fsp3) is 0.412. The van der Waals surface area contributed by atoms with E-state index in [1.54, 1.807) is 0 Å². The number of thioether (sulfide) groups is 2. The highest BCUT2D eigenvalue weighted by Crippen LogP contribution is 2.45. The number of nitrogens with zero attached hydrogens (tertiary/aromatic N) is 1. The summed E-state index contributed by atoms with van der Waals surface area (Å²) in [5.41, 5.74) is 4.21. The van der Waals surface area contributed by atoms with Gasteiger partial charge in [-0.25, -0.2) is 0 Å². The lowest BCUT2D eigenvalue weighted by Gasteiger charge is -2.09. The number of aromatic amines is 1. The molecule has 2 heterocycles. The second-order valence-electron chi connectivity index (χ2n) is 6.03. The van der Waals surface area contributed by atoms with Crippen LogP contribution in [0.3, 0.4) is 0 Å². The Hall–Kier alpha value is -1.40. The fourth-order valence-corrected chi connectivity index (χ4v) is 5.68. The molecule has 1 aliphatic carbocycles. The average molecular weight is 345 g/mol. The molecule has 1 aromatic carbocycles. The van der Waals surface area contributed by atoms with E-state index in [1.165, 1.54) is 35.6 Å². The van der Waals surface area contributed by atoms with Crippen LogP contribution in [0.25, 0.3) is 0 Å². The van der Waals surface area contributed by atoms with Crippen LogP contribution in [0.15, 0.2) is 24.3 Å². The lowest BCUT2D eigenvalue weighted by Crippen LogP contribution is -2.13. The molecule has 2 N–H and O–H groups in total. The topological polar surface area (TPSA) is 57.8 Å². The SMILES string of the molecule is Cc1c(NC(=O)c2ccc(C3SCCS3)cc2)n[nH]c1C1CC1. The van der Waals surface area contributed by atoms with Crippen LogP contribution in [0.5, 0.6) is 0 Å². The Morgan fingerprint density at radius 1 is 1.22 bits per heavy atom. The summed E-state index contributed by atoms with van der Waals surface area (Å²) in [4.78, 5) is 12.4. The first kappa shape index (κ1) is 15.1. The maximum atomic E-state index is 12.4. The van der Waals surface area contributed by atoms with E-state index in [0.29, 0.717) is 21.9 Å². The van der Waals surface area contributed by atoms with E-state index < -0.39 is 0 Å². The molecule has 23 heavy (non-hydrogen) atoms. The number of nitrogens with one attached hydrogen (secondary N) is 2. The molecule has 0 bridgehead atoms. The second kappa shape index (κ2) is 6.24. The lowest BCUT2D eigenvalue weighted by molar-refractivity contribution is 0.102. The Kier molecular flexibility index (Phi) is 4.11. The van der Waals surface area contributed by atoms with E-state index in [-0.39, 0.29) is 5.91 Å². The van der Waals surface area contributed by atoms with E-state index >= 15 is 0 Å². The van der Waals surface area contributed by atoms with Crippen LogP contribution in [0.1, 0.15) is 50.5 Å². The molecular formula is C17H19N3OS2. The fourth-order valence-electron chi connectivity index (χ4n) is 2.82. The Labute approximate surface area is 144 Å². The third-order valence-electron chi connectivity index (χ3n) is 4.33. The summed E-state index contributed by atoms with van der Waals surface area (Å²) < 4.78 is 0.516. The maximum absolute atomic E-state index is 12.4. The van der Waals surface area contributed by atoms with Crippen molar-refractivity contribution < 1.29 is 4.79 Å². The first-order valence-electron chi connectivity index (χ1n) is 7.92. The van der Waals surface area contributed by atoms with Gasteiger partial charge in [0.25, 0.3) is 5.91 Å². The molecule has 1 amide bonds. The van der Waals surface area contributed by atoms with Gasteiger partial charge in [0, 0.05) is 34.2 Å². The molecule has 1 saturated carbocycles. The van der Waals surface area contributed by atoms with E-state index in [2.05, 4.69) is 27.6 Å². The second-order valence-corrected chi connectivity index (χ2v) is 8.76. The van der Waals surface area contributed by atoms with Crippen molar-refractivity contribution in [3.8, 4) is 0 Å². The van der Waals surface area contributed by atoms with Gasteiger partial charge in [-0.2, -0.15) is 5.10 Å². The molecule has 0 unspecified atom stereocenters. The van der Waals surface area contributed by atoms with E-state index in [0.717, 1.165) is 5.56 Å². The molecule has 0 atom stereocenters. The Balaban J connectivity index is 1.46. The summed E-state index contributed by atoms with van der Waals surface area (Å²) in [6.07, 6.45) is 2.43. The standard InChI is InChI=1S/C17H19N3OS2/c1-10-14(11-2-3-11)19-20-15(10)18-16(21)12-4-6-13(7-5-12)17-22-8-9-23-17/h4-7,11,17H,2-3,8-9H2,1H3,(H2,18,19,20,21). The van der Waals surface area contributed by atoms with Gasteiger partial charge in [0.05, 0.1) is 4.58 Å². The van der Waals surface area contributed by atoms with Gasteiger partial charge in [0.15, 0.2) is 5.82 Å². The van der Waals surface area contributed by atoms with Gasteiger partial charge < -0.3 is 5.32 Å².